The van der Waals surface area contributed by atoms with Gasteiger partial charge in [0.2, 0.25) is 5.91 Å². The van der Waals surface area contributed by atoms with E-state index >= 15 is 0 Å². The monoisotopic (exact) mass is 988 g/mol. The number of amides is 1. The van der Waals surface area contributed by atoms with Gasteiger partial charge < -0.3 is 16.4 Å². The lowest BCUT2D eigenvalue weighted by Gasteiger charge is -2.48. The molecular weight excluding hydrogens is 961 g/mol. The number of unbranched alkanes of at least 4 members (excludes halogenated alkanes) is 1. The summed E-state index contributed by atoms with van der Waals surface area (Å²) < 4.78 is 0. The fraction of sp³-hybridized carbons (Fsp3) is 0.176. The van der Waals surface area contributed by atoms with Crippen molar-refractivity contribution >= 4 is 297 Å². The van der Waals surface area contributed by atoms with Crippen LogP contribution in [0.3, 0.4) is 0 Å². The van der Waals surface area contributed by atoms with Crippen LogP contribution < -0.4 is 11.5 Å². The molecule has 33 rings (SSSR count). The van der Waals surface area contributed by atoms with Crippen LogP contribution in [0.4, 0.5) is 0 Å². The number of hydrogen-bond acceptors (Lipinski definition) is 4. The predicted octanol–water partition coefficient (Wildman–Crippen LogP) is 16.5. The van der Waals surface area contributed by atoms with Gasteiger partial charge in [-0.15, -0.1) is 0 Å². The zero-order valence-electron chi connectivity index (χ0n) is 42.1. The standard InChI is InChI=1S/C74H28N4O/c1-13(9-14(79)78(8-4-6-76)7-3-2-5-75)10-77-11-73-69-62-55-43-35-26-17-15-16-18-21(17)30-37(35)45-46-38(30)36-27(18)29-25-20(16)23-22-19(15)24-28(26)41(43)49-47-33(24)31(22)39-40-32(23)34(25)48-50-42(29)44(36)56-58(46)67(66(69)57(45)55)70-63(56)61(50)65-54(48)52(40)59-51(39)53(47)64(60(49)62)71(73)68(59)72(65)74(70,73)12-77/h9H,2-8,10-12,75-76H2,1H3/b13-9+. The van der Waals surface area contributed by atoms with Crippen LogP contribution in [0, 0.1) is 0 Å². The average Bonchev–Trinajstić information content (AvgIpc) is 1.43. The maximum Gasteiger partial charge on any atom is 0.246 e. The van der Waals surface area contributed by atoms with Crippen LogP contribution in [0.5, 0.6) is 0 Å². The molecule has 1 heterocycles. The minimum absolute atomic E-state index is 0.133. The summed E-state index contributed by atoms with van der Waals surface area (Å²) >= 11 is 0. The van der Waals surface area contributed by atoms with Crippen LogP contribution in [-0.4, -0.2) is 61.5 Å². The molecule has 79 heavy (non-hydrogen) atoms. The average molecular weight is 989 g/mol. The fourth-order valence-corrected chi connectivity index (χ4v) is 26.7. The topological polar surface area (TPSA) is 75.6 Å². The second kappa shape index (κ2) is 8.13. The number of nitrogens with zero attached hydrogens (tertiary/aromatic N) is 2. The molecule has 28 aromatic rings. The Kier molecular flexibility index (Phi) is 3.40. The molecule has 5 aliphatic rings. The number of carbonyl (C=O) groups is 1. The highest BCUT2D eigenvalue weighted by molar-refractivity contribution is 6.82. The molecule has 0 saturated carbocycles. The summed E-state index contributed by atoms with van der Waals surface area (Å²) in [5.74, 6) is 0.133. The van der Waals surface area contributed by atoms with E-state index in [4.69, 9.17) is 11.5 Å². The largest absolute Gasteiger partial charge is 0.339 e. The van der Waals surface area contributed by atoms with Gasteiger partial charge in [0.1, 0.15) is 0 Å². The molecule has 0 radical (unpaired) electrons. The van der Waals surface area contributed by atoms with E-state index in [0.717, 1.165) is 45.4 Å². The lowest BCUT2D eigenvalue weighted by Crippen LogP contribution is -2.49. The molecular formula is C74H28N4O. The van der Waals surface area contributed by atoms with Crippen LogP contribution in [0.1, 0.15) is 48.4 Å². The Hall–Kier alpha value is -8.45. The predicted molar refractivity (Wildman–Crippen MR) is 333 cm³/mol. The summed E-state index contributed by atoms with van der Waals surface area (Å²) in [5, 5.41) is 88.9. The van der Waals surface area contributed by atoms with Gasteiger partial charge in [-0.2, -0.15) is 0 Å². The third-order valence-corrected chi connectivity index (χ3v) is 27.3. The van der Waals surface area contributed by atoms with Crippen LogP contribution >= 0.6 is 0 Å². The van der Waals surface area contributed by atoms with Gasteiger partial charge in [0.25, 0.3) is 0 Å². The van der Waals surface area contributed by atoms with Crippen molar-refractivity contribution in [1.82, 2.24) is 9.80 Å². The van der Waals surface area contributed by atoms with Gasteiger partial charge in [-0.3, -0.25) is 9.69 Å². The van der Waals surface area contributed by atoms with Crippen molar-refractivity contribution in [3.63, 3.8) is 0 Å². The summed E-state index contributed by atoms with van der Waals surface area (Å²) in [6, 6.07) is 0. The van der Waals surface area contributed by atoms with Gasteiger partial charge in [-0.05, 0) is 352 Å². The van der Waals surface area contributed by atoms with Gasteiger partial charge in [-0.25, -0.2) is 0 Å². The van der Waals surface area contributed by atoms with Crippen LogP contribution in [0.2, 0.25) is 0 Å². The Morgan fingerprint density at radius 1 is 0.342 bits per heavy atom. The van der Waals surface area contributed by atoms with E-state index in [9.17, 15) is 4.79 Å². The van der Waals surface area contributed by atoms with Crippen LogP contribution in [-0.2, 0) is 15.6 Å². The minimum atomic E-state index is -0.294. The highest BCUT2D eigenvalue weighted by Crippen LogP contribution is 2.85. The molecule has 1 fully saturated rings. The van der Waals surface area contributed by atoms with Gasteiger partial charge in [0, 0.05) is 38.8 Å². The van der Waals surface area contributed by atoms with Crippen molar-refractivity contribution in [2.24, 2.45) is 11.5 Å². The van der Waals surface area contributed by atoms with Crippen molar-refractivity contribution in [2.75, 3.05) is 45.8 Å². The highest BCUT2D eigenvalue weighted by Gasteiger charge is 2.73. The first-order valence-electron chi connectivity index (χ1n) is 30.0. The first kappa shape index (κ1) is 33.1. The second-order valence-corrected chi connectivity index (χ2v) is 28.7. The lowest BCUT2D eigenvalue weighted by atomic mass is 9.52. The van der Waals surface area contributed by atoms with Crippen molar-refractivity contribution < 1.29 is 4.79 Å². The Morgan fingerprint density at radius 3 is 0.835 bits per heavy atom. The molecule has 350 valence electrons. The van der Waals surface area contributed by atoms with Gasteiger partial charge in [0.15, 0.2) is 0 Å². The number of benzene rings is 17. The number of rotatable bonds is 10. The summed E-state index contributed by atoms with van der Waals surface area (Å²) in [4.78, 5) is 19.5. The maximum atomic E-state index is 14.6. The van der Waals surface area contributed by atoms with Crippen molar-refractivity contribution in [3.05, 3.63) is 33.9 Å². The quantitative estimate of drug-likeness (QED) is 0.0813. The Morgan fingerprint density at radius 2 is 0.557 bits per heavy atom. The summed E-state index contributed by atoms with van der Waals surface area (Å²) in [6.07, 6.45) is 4.67. The summed E-state index contributed by atoms with van der Waals surface area (Å²) in [6.45, 7) is 7.64. The zero-order valence-corrected chi connectivity index (χ0v) is 42.1. The fourth-order valence-electron chi connectivity index (χ4n) is 26.7. The first-order valence-corrected chi connectivity index (χ1v) is 30.0. The molecule has 5 heteroatoms. The normalized spacial score (nSPS) is 21.8. The molecule has 4 N–H and O–H groups in total. The molecule has 0 bridgehead atoms. The van der Waals surface area contributed by atoms with Gasteiger partial charge in [0.05, 0.1) is 10.8 Å². The summed E-state index contributed by atoms with van der Waals surface area (Å²) in [5.41, 5.74) is 19.6. The van der Waals surface area contributed by atoms with E-state index in [0.29, 0.717) is 19.6 Å². The first-order chi connectivity index (χ1) is 39.1. The number of likely N-dealkylation sites (tertiary alicyclic amines) is 1. The summed E-state index contributed by atoms with van der Waals surface area (Å²) in [7, 11) is 0. The van der Waals surface area contributed by atoms with Crippen LogP contribution in [0.25, 0.3) is 291 Å². The highest BCUT2D eigenvalue weighted by atomic mass is 16.2. The molecule has 1 aliphatic heterocycles. The third kappa shape index (κ3) is 2.03. The van der Waals surface area contributed by atoms with Crippen LogP contribution in [0.15, 0.2) is 11.6 Å². The third-order valence-electron chi connectivity index (χ3n) is 27.3. The van der Waals surface area contributed by atoms with Crippen molar-refractivity contribution in [2.45, 2.75) is 37.0 Å². The Labute approximate surface area is 437 Å². The van der Waals surface area contributed by atoms with Crippen molar-refractivity contribution in [3.8, 4) is 0 Å². The second-order valence-electron chi connectivity index (χ2n) is 28.7. The van der Waals surface area contributed by atoms with E-state index in [2.05, 4.69) is 16.7 Å². The Bertz CT molecular complexity index is 7230. The minimum Gasteiger partial charge on any atom is -0.339 e. The number of carbonyl (C=O) groups excluding carboxylic acids is 1. The SMILES string of the molecule is C/C(=C\C(=O)N(CCCN)CCCCN)CN1CC23c4c5c6c7c8c9c(c%10c%11c2c2c%12c4c4c%13c5c5c7c7c8c8c%14c9c%10c9c%10c%11c2c2c%11c%12c4c4c%12c%13c5c5c7c7c8c8c%14c9c9c%10c2c2c%11c4c4c%12c5c7c5c8c9c2c45)C63C1. The molecule has 1 saturated heterocycles. The Balaban J connectivity index is 0.930. The number of hydrogen-bond donors (Lipinski definition) is 2. The molecule has 0 aromatic heterocycles. The van der Waals surface area contributed by atoms with Crippen molar-refractivity contribution in [1.29, 1.82) is 0 Å². The molecule has 1 amide bonds. The van der Waals surface area contributed by atoms with Gasteiger partial charge in [-0.1, -0.05) is 5.57 Å². The molecule has 2 spiro atoms. The zero-order chi connectivity index (χ0) is 48.6. The lowest BCUT2D eigenvalue weighted by molar-refractivity contribution is -0.126. The van der Waals surface area contributed by atoms with E-state index in [1.54, 1.807) is 313 Å². The molecule has 2 unspecified atom stereocenters. The van der Waals surface area contributed by atoms with E-state index in [1.165, 1.54) is 5.57 Å². The smallest absolute Gasteiger partial charge is 0.246 e. The number of nitrogens with two attached hydrogens (primary N) is 2. The molecule has 4 aliphatic carbocycles. The molecule has 28 aromatic carbocycles. The van der Waals surface area contributed by atoms with E-state index in [1.807, 2.05) is 6.08 Å². The van der Waals surface area contributed by atoms with Gasteiger partial charge >= 0.3 is 0 Å². The van der Waals surface area contributed by atoms with E-state index < -0.39 is 0 Å². The van der Waals surface area contributed by atoms with E-state index in [-0.39, 0.29) is 16.7 Å². The molecule has 5 nitrogen and oxygen atoms in total. The molecule has 2 atom stereocenters. The maximum absolute atomic E-state index is 14.6.